The van der Waals surface area contributed by atoms with Crippen molar-refractivity contribution in [1.82, 2.24) is 4.98 Å². The van der Waals surface area contributed by atoms with E-state index in [-0.39, 0.29) is 11.4 Å². The molecule has 1 aromatic heterocycles. The second-order valence-corrected chi connectivity index (χ2v) is 10.2. The first-order valence-corrected chi connectivity index (χ1v) is 7.71. The molecule has 0 saturated carbocycles. The molecule has 104 valence electrons. The van der Waals surface area contributed by atoms with Crippen molar-refractivity contribution in [1.29, 1.82) is 0 Å². The molecular formula is C8H5Br4N3O4. The van der Waals surface area contributed by atoms with Crippen LogP contribution in [0.5, 0.6) is 0 Å². The van der Waals surface area contributed by atoms with E-state index in [9.17, 15) is 20.2 Å². The van der Waals surface area contributed by atoms with Gasteiger partial charge in [-0.3, -0.25) is 20.2 Å². The molecule has 0 unspecified atom stereocenters. The molecule has 7 nitrogen and oxygen atoms in total. The molecule has 1 rings (SSSR count). The van der Waals surface area contributed by atoms with Crippen molar-refractivity contribution in [2.24, 2.45) is 0 Å². The third kappa shape index (κ3) is 3.50. The Bertz CT molecular complexity index is 505. The molecule has 0 N–H and O–H groups in total. The van der Waals surface area contributed by atoms with Gasteiger partial charge in [0.15, 0.2) is 0 Å². The number of nitrogens with zero attached hydrogens (tertiary/aromatic N) is 3. The molecule has 0 atom stereocenters. The maximum absolute atomic E-state index is 10.9. The zero-order valence-corrected chi connectivity index (χ0v) is 15.5. The first-order valence-electron chi connectivity index (χ1n) is 4.54. The molecule has 0 spiro atoms. The minimum Gasteiger partial charge on any atom is -0.262 e. The standard InChI is InChI=1S/C8H5Br4N3O4/c1-4-2-5(7(9,10)14(16)17)13-6(3-4)8(11,12)15(18)19/h2-3H,1H3. The van der Waals surface area contributed by atoms with E-state index in [4.69, 9.17) is 0 Å². The topological polar surface area (TPSA) is 99.2 Å². The Morgan fingerprint density at radius 3 is 1.58 bits per heavy atom. The predicted octanol–water partition coefficient (Wildman–Crippen LogP) is 3.74. The van der Waals surface area contributed by atoms with Crippen LogP contribution in [-0.2, 0) is 6.71 Å². The molecule has 0 aliphatic carbocycles. The van der Waals surface area contributed by atoms with E-state index in [2.05, 4.69) is 68.7 Å². The number of hydrogen-bond acceptors (Lipinski definition) is 5. The van der Waals surface area contributed by atoms with Gasteiger partial charge in [-0.15, -0.1) is 0 Å². The molecule has 1 heterocycles. The fourth-order valence-electron chi connectivity index (χ4n) is 1.16. The third-order valence-corrected chi connectivity index (χ3v) is 4.83. The highest BCUT2D eigenvalue weighted by Crippen LogP contribution is 2.42. The Morgan fingerprint density at radius 2 is 1.32 bits per heavy atom. The van der Waals surface area contributed by atoms with Gasteiger partial charge in [0.05, 0.1) is 9.85 Å². The molecule has 0 bridgehead atoms. The van der Waals surface area contributed by atoms with Gasteiger partial charge in [-0.25, -0.2) is 4.98 Å². The van der Waals surface area contributed by atoms with Crippen LogP contribution in [0.25, 0.3) is 0 Å². The Labute approximate surface area is 141 Å². The number of hydrogen-bond donors (Lipinski definition) is 0. The van der Waals surface area contributed by atoms with E-state index in [1.165, 1.54) is 12.1 Å². The SMILES string of the molecule is Cc1cc(C(Br)(Br)[N+](=O)[O-])nc(C(Br)(Br)[N+](=O)[O-])c1. The largest absolute Gasteiger partial charge is 0.368 e. The van der Waals surface area contributed by atoms with Crippen molar-refractivity contribution in [2.75, 3.05) is 0 Å². The van der Waals surface area contributed by atoms with Gasteiger partial charge < -0.3 is 0 Å². The first kappa shape index (κ1) is 16.9. The van der Waals surface area contributed by atoms with Crippen LogP contribution in [0.3, 0.4) is 0 Å². The van der Waals surface area contributed by atoms with Crippen LogP contribution >= 0.6 is 63.7 Å². The summed E-state index contributed by atoms with van der Waals surface area (Å²) in [6.07, 6.45) is 0. The number of alkyl halides is 4. The highest BCUT2D eigenvalue weighted by atomic mass is 79.9. The third-order valence-electron chi connectivity index (χ3n) is 2.04. The molecule has 0 aromatic carbocycles. The summed E-state index contributed by atoms with van der Waals surface area (Å²) in [5, 5.41) is 21.9. The lowest BCUT2D eigenvalue weighted by atomic mass is 10.2. The highest BCUT2D eigenvalue weighted by molar-refractivity contribution is 9.25. The van der Waals surface area contributed by atoms with Gasteiger partial charge in [0.2, 0.25) is 0 Å². The van der Waals surface area contributed by atoms with Gasteiger partial charge in [0.1, 0.15) is 11.4 Å². The molecule has 11 heteroatoms. The van der Waals surface area contributed by atoms with Crippen molar-refractivity contribution in [2.45, 2.75) is 13.6 Å². The lowest BCUT2D eigenvalue weighted by molar-refractivity contribution is -0.513. The Balaban J connectivity index is 3.46. The van der Waals surface area contributed by atoms with Crippen LogP contribution in [0.15, 0.2) is 12.1 Å². The molecule has 0 aliphatic heterocycles. The molecule has 0 saturated heterocycles. The Kier molecular flexibility index (Phi) is 5.08. The second-order valence-electron chi connectivity index (χ2n) is 3.51. The summed E-state index contributed by atoms with van der Waals surface area (Å²) in [5.74, 6) is 0. The van der Waals surface area contributed by atoms with Crippen molar-refractivity contribution in [3.63, 3.8) is 0 Å². The summed E-state index contributed by atoms with van der Waals surface area (Å²) in [6.45, 7) is 1.65. The monoisotopic (exact) mass is 523 g/mol. The lowest BCUT2D eigenvalue weighted by Crippen LogP contribution is -2.27. The second kappa shape index (κ2) is 5.70. The quantitative estimate of drug-likeness (QED) is 0.258. The van der Waals surface area contributed by atoms with E-state index in [1.807, 2.05) is 0 Å². The van der Waals surface area contributed by atoms with Gasteiger partial charge in [-0.1, -0.05) is 0 Å². The number of aryl methyl sites for hydroxylation is 1. The van der Waals surface area contributed by atoms with E-state index in [0.717, 1.165) is 0 Å². The van der Waals surface area contributed by atoms with Gasteiger partial charge in [0.25, 0.3) is 0 Å². The number of aromatic nitrogens is 1. The van der Waals surface area contributed by atoms with Gasteiger partial charge in [-0.05, 0) is 24.6 Å². The normalized spacial score (nSPS) is 12.3. The molecular weight excluding hydrogens is 522 g/mol. The summed E-state index contributed by atoms with van der Waals surface area (Å²) in [4.78, 5) is 24.5. The van der Waals surface area contributed by atoms with E-state index in [1.54, 1.807) is 6.92 Å². The maximum atomic E-state index is 10.9. The van der Waals surface area contributed by atoms with Crippen molar-refractivity contribution >= 4 is 63.7 Å². The van der Waals surface area contributed by atoms with Crippen LogP contribution < -0.4 is 0 Å². The van der Waals surface area contributed by atoms with Gasteiger partial charge in [0, 0.05) is 63.7 Å². The molecule has 0 radical (unpaired) electrons. The van der Waals surface area contributed by atoms with Gasteiger partial charge >= 0.3 is 6.71 Å². The summed E-state index contributed by atoms with van der Waals surface area (Å²) in [6, 6.07) is 2.90. The van der Waals surface area contributed by atoms with Crippen LogP contribution in [0.1, 0.15) is 17.0 Å². The smallest absolute Gasteiger partial charge is 0.262 e. The number of nitro groups is 2. The molecule has 0 amide bonds. The van der Waals surface area contributed by atoms with E-state index >= 15 is 0 Å². The Hall–Kier alpha value is -0.130. The molecule has 19 heavy (non-hydrogen) atoms. The average Bonchev–Trinajstić information content (AvgIpc) is 2.27. The zero-order valence-electron chi connectivity index (χ0n) is 9.14. The van der Waals surface area contributed by atoms with Crippen LogP contribution in [-0.4, -0.2) is 14.8 Å². The molecule has 1 aromatic rings. The van der Waals surface area contributed by atoms with Gasteiger partial charge in [-0.2, -0.15) is 0 Å². The number of halogens is 4. The first-order chi connectivity index (χ1) is 8.49. The average molecular weight is 527 g/mol. The number of pyridine rings is 1. The van der Waals surface area contributed by atoms with Crippen LogP contribution in [0.2, 0.25) is 0 Å². The van der Waals surface area contributed by atoms with Crippen molar-refractivity contribution in [3.8, 4) is 0 Å². The maximum Gasteiger partial charge on any atom is 0.368 e. The van der Waals surface area contributed by atoms with Crippen LogP contribution in [0, 0.1) is 27.2 Å². The van der Waals surface area contributed by atoms with Crippen molar-refractivity contribution in [3.05, 3.63) is 49.3 Å². The molecule has 0 fully saturated rings. The van der Waals surface area contributed by atoms with E-state index in [0.29, 0.717) is 5.56 Å². The lowest BCUT2D eigenvalue weighted by Gasteiger charge is -2.16. The predicted molar refractivity (Wildman–Crippen MR) is 82.0 cm³/mol. The van der Waals surface area contributed by atoms with Crippen LogP contribution in [0.4, 0.5) is 0 Å². The number of rotatable bonds is 4. The highest BCUT2D eigenvalue weighted by Gasteiger charge is 2.45. The van der Waals surface area contributed by atoms with E-state index < -0.39 is 16.6 Å². The van der Waals surface area contributed by atoms with Crippen molar-refractivity contribution < 1.29 is 9.85 Å². The summed E-state index contributed by atoms with van der Waals surface area (Å²) < 4.78 is -3.60. The minimum absolute atomic E-state index is 0.00220. The Morgan fingerprint density at radius 1 is 1.00 bits per heavy atom. The fraction of sp³-hybridized carbons (Fsp3) is 0.375. The zero-order chi connectivity index (χ0) is 15.0. The summed E-state index contributed by atoms with van der Waals surface area (Å²) in [5.41, 5.74) is 0.588. The summed E-state index contributed by atoms with van der Waals surface area (Å²) in [7, 11) is 0. The summed E-state index contributed by atoms with van der Waals surface area (Å²) >= 11 is 11.5. The fourth-order valence-corrected chi connectivity index (χ4v) is 1.98. The minimum atomic E-state index is -1.80. The molecule has 0 aliphatic rings.